The highest BCUT2D eigenvalue weighted by Gasteiger charge is 2.37. The molecule has 0 aromatic heterocycles. The van der Waals surface area contributed by atoms with Crippen molar-refractivity contribution in [1.29, 1.82) is 0 Å². The molecule has 0 aliphatic rings. The Hall–Kier alpha value is -0.320. The van der Waals surface area contributed by atoms with Gasteiger partial charge in [-0.2, -0.15) is 13.2 Å². The monoisotopic (exact) mass is 171 g/mol. The lowest BCUT2D eigenvalue weighted by Crippen LogP contribution is -2.40. The summed E-state index contributed by atoms with van der Waals surface area (Å²) in [6, 6.07) is -1.50. The smallest absolute Gasteiger partial charge is 0.371 e. The van der Waals surface area contributed by atoms with Crippen LogP contribution in [0.3, 0.4) is 0 Å². The first-order valence-electron chi connectivity index (χ1n) is 2.78. The minimum absolute atomic E-state index is 0.00333. The van der Waals surface area contributed by atoms with Gasteiger partial charge in [0.15, 0.2) is 0 Å². The lowest BCUT2D eigenvalue weighted by Gasteiger charge is -2.17. The van der Waals surface area contributed by atoms with Crippen LogP contribution < -0.4 is 5.32 Å². The van der Waals surface area contributed by atoms with Crippen LogP contribution in [0.2, 0.25) is 0 Å². The van der Waals surface area contributed by atoms with Gasteiger partial charge in [-0.3, -0.25) is 0 Å². The molecule has 0 aliphatic carbocycles. The number of thiocarbonyl (C=S) groups is 1. The minimum Gasteiger partial charge on any atom is -0.371 e. The predicted molar refractivity (Wildman–Crippen MR) is 36.9 cm³/mol. The quantitative estimate of drug-likeness (QED) is 0.650. The molecule has 0 aromatic rings. The van der Waals surface area contributed by atoms with Crippen molar-refractivity contribution in [2.45, 2.75) is 25.6 Å². The number of hydrogen-bond acceptors (Lipinski definition) is 1. The molecule has 0 spiro atoms. The molecule has 1 nitrogen and oxygen atoms in total. The van der Waals surface area contributed by atoms with E-state index in [0.29, 0.717) is 0 Å². The molecule has 0 aromatic carbocycles. The predicted octanol–water partition coefficient (Wildman–Crippen LogP) is 1.87. The maximum atomic E-state index is 11.8. The minimum atomic E-state index is -4.19. The van der Waals surface area contributed by atoms with E-state index in [9.17, 15) is 13.2 Å². The Morgan fingerprint density at radius 2 is 2.10 bits per heavy atom. The molecule has 1 atom stereocenters. The van der Waals surface area contributed by atoms with Crippen LogP contribution >= 0.6 is 12.2 Å². The van der Waals surface area contributed by atoms with Gasteiger partial charge in [0.1, 0.15) is 6.04 Å². The van der Waals surface area contributed by atoms with Crippen LogP contribution in [0.25, 0.3) is 0 Å². The topological polar surface area (TPSA) is 12.0 Å². The van der Waals surface area contributed by atoms with E-state index in [4.69, 9.17) is 0 Å². The van der Waals surface area contributed by atoms with Crippen molar-refractivity contribution in [3.05, 3.63) is 0 Å². The van der Waals surface area contributed by atoms with Gasteiger partial charge in [0.2, 0.25) is 0 Å². The highest BCUT2D eigenvalue weighted by atomic mass is 32.1. The zero-order valence-electron chi connectivity index (χ0n) is 5.40. The Balaban J connectivity index is 3.92. The fourth-order valence-corrected chi connectivity index (χ4v) is 0.690. The van der Waals surface area contributed by atoms with Crippen LogP contribution in [0.15, 0.2) is 0 Å². The van der Waals surface area contributed by atoms with Gasteiger partial charge in [-0.15, -0.1) is 0 Å². The molecular weight excluding hydrogens is 163 g/mol. The van der Waals surface area contributed by atoms with Gasteiger partial charge in [0, 0.05) is 0 Å². The third-order valence-electron chi connectivity index (χ3n) is 1.07. The summed E-state index contributed by atoms with van der Waals surface area (Å²) in [7, 11) is 0. The van der Waals surface area contributed by atoms with E-state index in [-0.39, 0.29) is 6.42 Å². The average Bonchev–Trinajstić information content (AvgIpc) is 1.80. The van der Waals surface area contributed by atoms with Crippen LogP contribution in [0.1, 0.15) is 13.3 Å². The molecule has 0 rings (SSSR count). The molecule has 0 heterocycles. The van der Waals surface area contributed by atoms with Crippen LogP contribution in [-0.4, -0.2) is 17.7 Å². The van der Waals surface area contributed by atoms with E-state index in [1.807, 2.05) is 5.32 Å². The summed E-state index contributed by atoms with van der Waals surface area (Å²) < 4.78 is 35.3. The molecule has 0 aliphatic heterocycles. The summed E-state index contributed by atoms with van der Waals surface area (Å²) in [4.78, 5) is 0. The number of rotatable bonds is 3. The van der Waals surface area contributed by atoms with Crippen molar-refractivity contribution in [2.75, 3.05) is 0 Å². The first-order valence-corrected chi connectivity index (χ1v) is 3.26. The van der Waals surface area contributed by atoms with E-state index in [2.05, 4.69) is 12.2 Å². The van der Waals surface area contributed by atoms with E-state index < -0.39 is 12.2 Å². The first kappa shape index (κ1) is 9.68. The maximum absolute atomic E-state index is 11.8. The summed E-state index contributed by atoms with van der Waals surface area (Å²) in [5, 5.41) is 2.04. The molecule has 1 N–H and O–H groups in total. The summed E-state index contributed by atoms with van der Waals surface area (Å²) in [5.41, 5.74) is 0.891. The molecule has 10 heavy (non-hydrogen) atoms. The van der Waals surface area contributed by atoms with Gasteiger partial charge < -0.3 is 5.32 Å². The van der Waals surface area contributed by atoms with Crippen molar-refractivity contribution in [1.82, 2.24) is 5.32 Å². The van der Waals surface area contributed by atoms with Gasteiger partial charge in [-0.1, -0.05) is 19.1 Å². The Kier molecular flexibility index (Phi) is 3.63. The van der Waals surface area contributed by atoms with Crippen molar-refractivity contribution < 1.29 is 13.2 Å². The van der Waals surface area contributed by atoms with Crippen molar-refractivity contribution >= 4 is 17.7 Å². The second kappa shape index (κ2) is 3.75. The normalized spacial score (nSPS) is 14.4. The lowest BCUT2D eigenvalue weighted by atomic mass is 10.2. The zero-order valence-corrected chi connectivity index (χ0v) is 6.22. The van der Waals surface area contributed by atoms with Gasteiger partial charge in [-0.25, -0.2) is 0 Å². The fourth-order valence-electron chi connectivity index (χ4n) is 0.526. The Morgan fingerprint density at radius 3 is 2.20 bits per heavy atom. The molecule has 5 heteroatoms. The van der Waals surface area contributed by atoms with Crippen LogP contribution in [0.5, 0.6) is 0 Å². The van der Waals surface area contributed by atoms with Crippen molar-refractivity contribution in [3.63, 3.8) is 0 Å². The number of hydrogen-bond donors (Lipinski definition) is 1. The molecule has 0 saturated heterocycles. The summed E-state index contributed by atoms with van der Waals surface area (Å²) >= 11 is 4.23. The fraction of sp³-hybridized carbons (Fsp3) is 0.800. The lowest BCUT2D eigenvalue weighted by molar-refractivity contribution is -0.152. The molecular formula is C5H8F3NS. The molecule has 0 fully saturated rings. The molecule has 0 saturated carbocycles. The molecule has 1 unspecified atom stereocenters. The Morgan fingerprint density at radius 1 is 1.60 bits per heavy atom. The molecule has 0 bridgehead atoms. The summed E-state index contributed by atoms with van der Waals surface area (Å²) in [6.45, 7) is 1.45. The van der Waals surface area contributed by atoms with Crippen LogP contribution in [0.4, 0.5) is 13.2 Å². The third kappa shape index (κ3) is 3.00. The number of alkyl halides is 3. The highest BCUT2D eigenvalue weighted by molar-refractivity contribution is 7.78. The Bertz CT molecular complexity index is 112. The first-order chi connectivity index (χ1) is 4.52. The highest BCUT2D eigenvalue weighted by Crippen LogP contribution is 2.21. The van der Waals surface area contributed by atoms with Crippen LogP contribution in [0, 0.1) is 0 Å². The summed E-state index contributed by atoms with van der Waals surface area (Å²) in [6.07, 6.45) is -4.19. The van der Waals surface area contributed by atoms with Crippen molar-refractivity contribution in [3.8, 4) is 0 Å². The largest absolute Gasteiger partial charge is 0.408 e. The number of halogens is 3. The van der Waals surface area contributed by atoms with E-state index in [0.717, 1.165) is 5.49 Å². The third-order valence-corrected chi connectivity index (χ3v) is 1.21. The molecule has 60 valence electrons. The van der Waals surface area contributed by atoms with E-state index in [1.54, 1.807) is 0 Å². The molecule has 0 amide bonds. The summed E-state index contributed by atoms with van der Waals surface area (Å²) in [5.74, 6) is 0. The number of nitrogens with one attached hydrogen (secondary N) is 1. The standard InChI is InChI=1S/C5H8F3NS/c1-2-4(9-3-10)5(6,7)8/h3-4H,2H2,1H3,(H,9,10). The van der Waals surface area contributed by atoms with Crippen molar-refractivity contribution in [2.24, 2.45) is 0 Å². The molecule has 0 radical (unpaired) electrons. The van der Waals surface area contributed by atoms with Gasteiger partial charge >= 0.3 is 6.18 Å². The second-order valence-electron chi connectivity index (χ2n) is 1.79. The van der Waals surface area contributed by atoms with Gasteiger partial charge in [0.05, 0.1) is 5.49 Å². The maximum Gasteiger partial charge on any atom is 0.408 e. The van der Waals surface area contributed by atoms with E-state index >= 15 is 0 Å². The second-order valence-corrected chi connectivity index (χ2v) is 2.02. The average molecular weight is 171 g/mol. The van der Waals surface area contributed by atoms with Crippen LogP contribution in [-0.2, 0) is 0 Å². The van der Waals surface area contributed by atoms with Gasteiger partial charge in [0.25, 0.3) is 0 Å². The Labute approximate surface area is 62.6 Å². The van der Waals surface area contributed by atoms with E-state index in [1.165, 1.54) is 6.92 Å². The van der Waals surface area contributed by atoms with Gasteiger partial charge in [-0.05, 0) is 6.42 Å². The zero-order chi connectivity index (χ0) is 8.20. The SMILES string of the molecule is CCC(NC=S)C(F)(F)F.